The van der Waals surface area contributed by atoms with Crippen LogP contribution in [0.3, 0.4) is 0 Å². The summed E-state index contributed by atoms with van der Waals surface area (Å²) in [6.45, 7) is 3.44. The maximum absolute atomic E-state index is 12.5. The van der Waals surface area contributed by atoms with E-state index < -0.39 is 0 Å². The number of methoxy groups -OCH3 is 1. The van der Waals surface area contributed by atoms with Gasteiger partial charge in [-0.15, -0.1) is 0 Å². The minimum Gasteiger partial charge on any atom is -0.497 e. The molecule has 0 saturated carbocycles. The lowest BCUT2D eigenvalue weighted by molar-refractivity contribution is 0.0684. The van der Waals surface area contributed by atoms with Gasteiger partial charge in [0.2, 0.25) is 0 Å². The van der Waals surface area contributed by atoms with E-state index in [4.69, 9.17) is 4.74 Å². The second-order valence-corrected chi connectivity index (χ2v) is 6.33. The number of benzene rings is 1. The van der Waals surface area contributed by atoms with Crippen LogP contribution in [0.2, 0.25) is 0 Å². The van der Waals surface area contributed by atoms with Gasteiger partial charge >= 0.3 is 0 Å². The first-order valence-electron chi connectivity index (χ1n) is 8.36. The van der Waals surface area contributed by atoms with Crippen LogP contribution in [-0.4, -0.2) is 41.0 Å². The fourth-order valence-electron chi connectivity index (χ4n) is 3.10. The standard InChI is InChI=1S/C19H23N3O2/c1-14-12-21-18(13-20-14)19(23)22-9-7-16(8-10-22)11-15-3-5-17(24-2)6-4-15/h3-6,12-13,16H,7-11H2,1-2H3. The monoisotopic (exact) mass is 325 g/mol. The van der Waals surface area contributed by atoms with Crippen LogP contribution in [0.1, 0.15) is 34.6 Å². The fourth-order valence-corrected chi connectivity index (χ4v) is 3.10. The zero-order chi connectivity index (χ0) is 16.9. The SMILES string of the molecule is COc1ccc(CC2CCN(C(=O)c3cnc(C)cn3)CC2)cc1. The predicted molar refractivity (Wildman–Crippen MR) is 92.1 cm³/mol. The highest BCUT2D eigenvalue weighted by atomic mass is 16.5. The van der Waals surface area contributed by atoms with E-state index in [2.05, 4.69) is 22.1 Å². The molecule has 1 saturated heterocycles. The van der Waals surface area contributed by atoms with E-state index in [9.17, 15) is 4.79 Å². The molecule has 0 aliphatic carbocycles. The van der Waals surface area contributed by atoms with Crippen LogP contribution in [0.5, 0.6) is 5.75 Å². The lowest BCUT2D eigenvalue weighted by Crippen LogP contribution is -2.39. The highest BCUT2D eigenvalue weighted by Gasteiger charge is 2.24. The van der Waals surface area contributed by atoms with Crippen molar-refractivity contribution in [3.8, 4) is 5.75 Å². The van der Waals surface area contributed by atoms with E-state index in [1.807, 2.05) is 24.0 Å². The molecule has 24 heavy (non-hydrogen) atoms. The van der Waals surface area contributed by atoms with E-state index in [1.54, 1.807) is 19.5 Å². The molecule has 2 aromatic rings. The molecule has 1 aliphatic rings. The summed E-state index contributed by atoms with van der Waals surface area (Å²) in [5.74, 6) is 1.50. The van der Waals surface area contributed by atoms with E-state index >= 15 is 0 Å². The maximum atomic E-state index is 12.5. The molecule has 1 fully saturated rings. The molecule has 1 aliphatic heterocycles. The lowest BCUT2D eigenvalue weighted by atomic mass is 9.90. The normalized spacial score (nSPS) is 15.3. The number of rotatable bonds is 4. The van der Waals surface area contributed by atoms with Gasteiger partial charge < -0.3 is 9.64 Å². The van der Waals surface area contributed by atoms with Crippen LogP contribution in [0.15, 0.2) is 36.7 Å². The second kappa shape index (κ2) is 7.43. The summed E-state index contributed by atoms with van der Waals surface area (Å²) in [6, 6.07) is 8.25. The molecule has 0 bridgehead atoms. The van der Waals surface area contributed by atoms with Crippen molar-refractivity contribution in [1.82, 2.24) is 14.9 Å². The smallest absolute Gasteiger partial charge is 0.274 e. The van der Waals surface area contributed by atoms with Crippen molar-refractivity contribution < 1.29 is 9.53 Å². The number of aryl methyl sites for hydroxylation is 1. The molecule has 0 unspecified atom stereocenters. The van der Waals surface area contributed by atoms with Crippen molar-refractivity contribution >= 4 is 5.91 Å². The number of amides is 1. The number of hydrogen-bond acceptors (Lipinski definition) is 4. The van der Waals surface area contributed by atoms with E-state index in [-0.39, 0.29) is 5.91 Å². The largest absolute Gasteiger partial charge is 0.497 e. The number of likely N-dealkylation sites (tertiary alicyclic amines) is 1. The predicted octanol–water partition coefficient (Wildman–Crippen LogP) is 2.89. The molecule has 0 N–H and O–H groups in total. The highest BCUT2D eigenvalue weighted by Crippen LogP contribution is 2.23. The summed E-state index contributed by atoms with van der Waals surface area (Å²) in [7, 11) is 1.68. The summed E-state index contributed by atoms with van der Waals surface area (Å²) in [5.41, 5.74) is 2.59. The van der Waals surface area contributed by atoms with Gasteiger partial charge in [0.15, 0.2) is 0 Å². The molecule has 126 valence electrons. The number of carbonyl (C=O) groups excluding carboxylic acids is 1. The molecular weight excluding hydrogens is 302 g/mol. The van der Waals surface area contributed by atoms with Crippen LogP contribution in [0, 0.1) is 12.8 Å². The van der Waals surface area contributed by atoms with Crippen LogP contribution >= 0.6 is 0 Å². The van der Waals surface area contributed by atoms with Crippen molar-refractivity contribution in [2.24, 2.45) is 5.92 Å². The van der Waals surface area contributed by atoms with E-state index in [1.165, 1.54) is 5.56 Å². The van der Waals surface area contributed by atoms with Crippen LogP contribution in [-0.2, 0) is 6.42 Å². The summed E-state index contributed by atoms with van der Waals surface area (Å²) in [4.78, 5) is 22.7. The third kappa shape index (κ3) is 3.91. The third-order valence-electron chi connectivity index (χ3n) is 4.59. The van der Waals surface area contributed by atoms with Gasteiger partial charge in [-0.3, -0.25) is 9.78 Å². The molecule has 0 radical (unpaired) electrons. The first-order valence-corrected chi connectivity index (χ1v) is 8.36. The van der Waals surface area contributed by atoms with Crippen LogP contribution < -0.4 is 4.74 Å². The van der Waals surface area contributed by atoms with Gasteiger partial charge in [-0.25, -0.2) is 4.98 Å². The molecule has 1 aromatic heterocycles. The fraction of sp³-hybridized carbons (Fsp3) is 0.421. The second-order valence-electron chi connectivity index (χ2n) is 6.33. The zero-order valence-electron chi connectivity index (χ0n) is 14.2. The average molecular weight is 325 g/mol. The molecular formula is C19H23N3O2. The Morgan fingerprint density at radius 1 is 1.17 bits per heavy atom. The van der Waals surface area contributed by atoms with E-state index in [0.717, 1.165) is 43.8 Å². The average Bonchev–Trinajstić information content (AvgIpc) is 2.63. The Bertz CT molecular complexity index is 675. The van der Waals surface area contributed by atoms with Gasteiger partial charge in [0.05, 0.1) is 19.0 Å². The summed E-state index contributed by atoms with van der Waals surface area (Å²) >= 11 is 0. The third-order valence-corrected chi connectivity index (χ3v) is 4.59. The van der Waals surface area contributed by atoms with Gasteiger partial charge in [0, 0.05) is 19.3 Å². The Hall–Kier alpha value is -2.43. The molecule has 1 amide bonds. The van der Waals surface area contributed by atoms with Crippen molar-refractivity contribution in [1.29, 1.82) is 0 Å². The van der Waals surface area contributed by atoms with Gasteiger partial charge in [0.25, 0.3) is 5.91 Å². The Kier molecular flexibility index (Phi) is 5.08. The van der Waals surface area contributed by atoms with Gasteiger partial charge in [-0.05, 0) is 49.8 Å². The molecule has 1 aromatic carbocycles. The van der Waals surface area contributed by atoms with Crippen molar-refractivity contribution in [2.75, 3.05) is 20.2 Å². The van der Waals surface area contributed by atoms with Crippen molar-refractivity contribution in [3.05, 3.63) is 53.6 Å². The Balaban J connectivity index is 1.53. The molecule has 0 atom stereocenters. The zero-order valence-corrected chi connectivity index (χ0v) is 14.2. The number of ether oxygens (including phenoxy) is 1. The first-order chi connectivity index (χ1) is 11.7. The number of carbonyl (C=O) groups is 1. The first kappa shape index (κ1) is 16.4. The summed E-state index contributed by atoms with van der Waals surface area (Å²) < 4.78 is 5.19. The Morgan fingerprint density at radius 2 is 1.88 bits per heavy atom. The quantitative estimate of drug-likeness (QED) is 0.867. The van der Waals surface area contributed by atoms with Gasteiger partial charge in [-0.2, -0.15) is 0 Å². The topological polar surface area (TPSA) is 55.3 Å². The summed E-state index contributed by atoms with van der Waals surface area (Å²) in [5, 5.41) is 0. The lowest BCUT2D eigenvalue weighted by Gasteiger charge is -2.31. The van der Waals surface area contributed by atoms with Gasteiger partial charge in [-0.1, -0.05) is 12.1 Å². The molecule has 3 rings (SSSR count). The molecule has 2 heterocycles. The molecule has 5 nitrogen and oxygen atoms in total. The Morgan fingerprint density at radius 3 is 2.46 bits per heavy atom. The maximum Gasteiger partial charge on any atom is 0.274 e. The minimum atomic E-state index is -0.00889. The number of piperidine rings is 1. The van der Waals surface area contributed by atoms with Crippen LogP contribution in [0.4, 0.5) is 0 Å². The molecule has 0 spiro atoms. The highest BCUT2D eigenvalue weighted by molar-refractivity contribution is 5.92. The number of aromatic nitrogens is 2. The summed E-state index contributed by atoms with van der Waals surface area (Å²) in [6.07, 6.45) is 6.31. The van der Waals surface area contributed by atoms with Crippen molar-refractivity contribution in [2.45, 2.75) is 26.2 Å². The number of hydrogen-bond donors (Lipinski definition) is 0. The van der Waals surface area contributed by atoms with Crippen molar-refractivity contribution in [3.63, 3.8) is 0 Å². The molecule has 5 heteroatoms. The van der Waals surface area contributed by atoms with E-state index in [0.29, 0.717) is 11.6 Å². The van der Waals surface area contributed by atoms with Gasteiger partial charge in [0.1, 0.15) is 11.4 Å². The van der Waals surface area contributed by atoms with Crippen LogP contribution in [0.25, 0.3) is 0 Å². The minimum absolute atomic E-state index is 0.00889. The Labute approximate surface area is 142 Å². The number of nitrogens with zero attached hydrogens (tertiary/aromatic N) is 3.